The Morgan fingerprint density at radius 1 is 1.35 bits per heavy atom. The SMILES string of the molecule is COc1ccc(C)cc1CCNC(=O)CSC(C)(C)C. The summed E-state index contributed by atoms with van der Waals surface area (Å²) in [5.74, 6) is 1.49. The molecule has 0 atom stereocenters. The van der Waals surface area contributed by atoms with Crippen molar-refractivity contribution in [2.24, 2.45) is 0 Å². The summed E-state index contributed by atoms with van der Waals surface area (Å²) in [6, 6.07) is 6.11. The summed E-state index contributed by atoms with van der Waals surface area (Å²) >= 11 is 1.66. The molecule has 0 radical (unpaired) electrons. The van der Waals surface area contributed by atoms with Gasteiger partial charge in [0.25, 0.3) is 0 Å². The van der Waals surface area contributed by atoms with Gasteiger partial charge in [0.15, 0.2) is 0 Å². The number of ether oxygens (including phenoxy) is 1. The predicted octanol–water partition coefficient (Wildman–Crippen LogP) is 3.19. The van der Waals surface area contributed by atoms with Crippen LogP contribution in [0.15, 0.2) is 18.2 Å². The lowest BCUT2D eigenvalue weighted by Gasteiger charge is -2.17. The largest absolute Gasteiger partial charge is 0.496 e. The highest BCUT2D eigenvalue weighted by Gasteiger charge is 2.13. The van der Waals surface area contributed by atoms with Gasteiger partial charge in [0, 0.05) is 11.3 Å². The van der Waals surface area contributed by atoms with E-state index < -0.39 is 0 Å². The van der Waals surface area contributed by atoms with Crippen molar-refractivity contribution in [2.75, 3.05) is 19.4 Å². The molecule has 0 saturated carbocycles. The smallest absolute Gasteiger partial charge is 0.230 e. The zero-order chi connectivity index (χ0) is 15.2. The Balaban J connectivity index is 2.41. The molecule has 0 aromatic heterocycles. The summed E-state index contributed by atoms with van der Waals surface area (Å²) in [6.07, 6.45) is 0.788. The number of carbonyl (C=O) groups is 1. The molecule has 0 aliphatic heterocycles. The Bertz CT molecular complexity index is 452. The monoisotopic (exact) mass is 295 g/mol. The minimum Gasteiger partial charge on any atom is -0.496 e. The summed E-state index contributed by atoms with van der Waals surface area (Å²) in [4.78, 5) is 11.7. The quantitative estimate of drug-likeness (QED) is 0.876. The van der Waals surface area contributed by atoms with E-state index in [4.69, 9.17) is 4.74 Å². The predicted molar refractivity (Wildman–Crippen MR) is 86.7 cm³/mol. The minimum absolute atomic E-state index is 0.0940. The van der Waals surface area contributed by atoms with Gasteiger partial charge in [-0.05, 0) is 25.0 Å². The zero-order valence-corrected chi connectivity index (χ0v) is 13.9. The van der Waals surface area contributed by atoms with Crippen LogP contribution in [0.1, 0.15) is 31.9 Å². The molecule has 0 aliphatic carbocycles. The highest BCUT2D eigenvalue weighted by molar-refractivity contribution is 8.01. The summed E-state index contributed by atoms with van der Waals surface area (Å²) in [5, 5.41) is 2.96. The summed E-state index contributed by atoms with van der Waals surface area (Å²) < 4.78 is 5.46. The Labute approximate surface area is 126 Å². The molecule has 1 aromatic rings. The summed E-state index contributed by atoms with van der Waals surface area (Å²) in [5.41, 5.74) is 2.34. The van der Waals surface area contributed by atoms with Gasteiger partial charge in [0.1, 0.15) is 5.75 Å². The third kappa shape index (κ3) is 6.33. The number of thioether (sulfide) groups is 1. The molecule has 4 heteroatoms. The Morgan fingerprint density at radius 2 is 2.05 bits per heavy atom. The van der Waals surface area contributed by atoms with Crippen LogP contribution < -0.4 is 10.1 Å². The van der Waals surface area contributed by atoms with Crippen LogP contribution in [-0.4, -0.2) is 30.1 Å². The van der Waals surface area contributed by atoms with E-state index in [0.717, 1.165) is 17.7 Å². The van der Waals surface area contributed by atoms with Crippen LogP contribution in [0, 0.1) is 6.92 Å². The van der Waals surface area contributed by atoms with E-state index in [9.17, 15) is 4.79 Å². The van der Waals surface area contributed by atoms with Gasteiger partial charge >= 0.3 is 0 Å². The van der Waals surface area contributed by atoms with Crippen LogP contribution in [0.4, 0.5) is 0 Å². The average Bonchev–Trinajstić information content (AvgIpc) is 2.36. The fourth-order valence-electron chi connectivity index (χ4n) is 1.77. The molecule has 1 N–H and O–H groups in total. The first-order chi connectivity index (χ1) is 9.31. The first kappa shape index (κ1) is 16.9. The van der Waals surface area contributed by atoms with Crippen LogP contribution in [0.3, 0.4) is 0 Å². The molecule has 112 valence electrons. The first-order valence-electron chi connectivity index (χ1n) is 6.86. The first-order valence-corrected chi connectivity index (χ1v) is 7.84. The lowest BCUT2D eigenvalue weighted by Crippen LogP contribution is -2.29. The second-order valence-corrected chi connectivity index (χ2v) is 7.62. The molecule has 0 saturated heterocycles. The topological polar surface area (TPSA) is 38.3 Å². The van der Waals surface area contributed by atoms with Crippen LogP contribution in [0.5, 0.6) is 5.75 Å². The minimum atomic E-state index is 0.0940. The number of methoxy groups -OCH3 is 1. The number of hydrogen-bond acceptors (Lipinski definition) is 3. The van der Waals surface area contributed by atoms with Gasteiger partial charge < -0.3 is 10.1 Å². The van der Waals surface area contributed by atoms with Crippen molar-refractivity contribution in [2.45, 2.75) is 38.9 Å². The van der Waals surface area contributed by atoms with Crippen LogP contribution in [-0.2, 0) is 11.2 Å². The van der Waals surface area contributed by atoms with Crippen molar-refractivity contribution in [3.05, 3.63) is 29.3 Å². The van der Waals surface area contributed by atoms with E-state index in [1.54, 1.807) is 18.9 Å². The fraction of sp³-hybridized carbons (Fsp3) is 0.562. The Hall–Kier alpha value is -1.16. The summed E-state index contributed by atoms with van der Waals surface area (Å²) in [7, 11) is 1.67. The van der Waals surface area contributed by atoms with E-state index in [-0.39, 0.29) is 10.7 Å². The highest BCUT2D eigenvalue weighted by atomic mass is 32.2. The van der Waals surface area contributed by atoms with Crippen LogP contribution in [0.2, 0.25) is 0 Å². The second-order valence-electron chi connectivity index (χ2n) is 5.82. The number of carbonyl (C=O) groups excluding carboxylic acids is 1. The van der Waals surface area contributed by atoms with E-state index in [1.807, 2.05) is 12.1 Å². The zero-order valence-electron chi connectivity index (χ0n) is 13.1. The Kier molecular flexibility index (Phi) is 6.40. The average molecular weight is 295 g/mol. The van der Waals surface area contributed by atoms with Gasteiger partial charge in [-0.1, -0.05) is 38.5 Å². The standard InChI is InChI=1S/C16H25NO2S/c1-12-6-7-14(19-5)13(10-12)8-9-17-15(18)11-20-16(2,3)4/h6-7,10H,8-9,11H2,1-5H3,(H,17,18). The Morgan fingerprint density at radius 3 is 2.65 bits per heavy atom. The van der Waals surface area contributed by atoms with Gasteiger partial charge in [0.2, 0.25) is 5.91 Å². The molecule has 0 aliphatic rings. The number of rotatable bonds is 6. The third-order valence-electron chi connectivity index (χ3n) is 2.79. The van der Waals surface area contributed by atoms with Gasteiger partial charge in [-0.15, -0.1) is 11.8 Å². The number of aryl methyl sites for hydroxylation is 1. The van der Waals surface area contributed by atoms with Crippen molar-refractivity contribution in [3.63, 3.8) is 0 Å². The lowest BCUT2D eigenvalue weighted by atomic mass is 10.1. The van der Waals surface area contributed by atoms with E-state index in [2.05, 4.69) is 39.1 Å². The maximum atomic E-state index is 11.7. The van der Waals surface area contributed by atoms with Crippen molar-refractivity contribution in [1.82, 2.24) is 5.32 Å². The lowest BCUT2D eigenvalue weighted by molar-refractivity contribution is -0.118. The molecule has 0 fully saturated rings. The molecule has 0 spiro atoms. The van der Waals surface area contributed by atoms with Crippen molar-refractivity contribution >= 4 is 17.7 Å². The molecule has 1 rings (SSSR count). The summed E-state index contributed by atoms with van der Waals surface area (Å²) in [6.45, 7) is 9.04. The molecular weight excluding hydrogens is 270 g/mol. The van der Waals surface area contributed by atoms with Gasteiger partial charge in [-0.3, -0.25) is 4.79 Å². The van der Waals surface area contributed by atoms with Crippen molar-refractivity contribution in [1.29, 1.82) is 0 Å². The molecule has 0 unspecified atom stereocenters. The van der Waals surface area contributed by atoms with Gasteiger partial charge in [0.05, 0.1) is 12.9 Å². The van der Waals surface area contributed by atoms with E-state index in [1.165, 1.54) is 5.56 Å². The maximum absolute atomic E-state index is 11.7. The van der Waals surface area contributed by atoms with E-state index in [0.29, 0.717) is 12.3 Å². The maximum Gasteiger partial charge on any atom is 0.230 e. The fourth-order valence-corrected chi connectivity index (χ4v) is 2.44. The van der Waals surface area contributed by atoms with Crippen molar-refractivity contribution < 1.29 is 9.53 Å². The number of nitrogens with one attached hydrogen (secondary N) is 1. The van der Waals surface area contributed by atoms with Crippen LogP contribution in [0.25, 0.3) is 0 Å². The molecular formula is C16H25NO2S. The second kappa shape index (κ2) is 7.58. The molecule has 1 aromatic carbocycles. The van der Waals surface area contributed by atoms with Gasteiger partial charge in [-0.25, -0.2) is 0 Å². The molecule has 0 bridgehead atoms. The molecule has 20 heavy (non-hydrogen) atoms. The molecule has 0 heterocycles. The number of hydrogen-bond donors (Lipinski definition) is 1. The van der Waals surface area contributed by atoms with E-state index >= 15 is 0 Å². The van der Waals surface area contributed by atoms with Crippen molar-refractivity contribution in [3.8, 4) is 5.75 Å². The molecule has 1 amide bonds. The normalized spacial score (nSPS) is 11.2. The highest BCUT2D eigenvalue weighted by Crippen LogP contribution is 2.22. The number of amides is 1. The van der Waals surface area contributed by atoms with Crippen LogP contribution >= 0.6 is 11.8 Å². The number of benzene rings is 1. The van der Waals surface area contributed by atoms with Gasteiger partial charge in [-0.2, -0.15) is 0 Å². The third-order valence-corrected chi connectivity index (χ3v) is 4.06. The molecule has 3 nitrogen and oxygen atoms in total.